The molecule has 1 aromatic rings. The second-order valence-corrected chi connectivity index (χ2v) is 11.9. The number of likely N-dealkylation sites (N-methyl/N-ethyl adjacent to an activating group) is 1. The molecule has 0 saturated carbocycles. The molecule has 0 amide bonds. The molecular weight excluding hydrogens is 594 g/mol. The van der Waals surface area contributed by atoms with Crippen LogP contribution in [0.2, 0.25) is 0 Å². The highest BCUT2D eigenvalue weighted by Gasteiger charge is 2.46. The Morgan fingerprint density at radius 1 is 1.24 bits per heavy atom. The Kier molecular flexibility index (Phi) is 13.8. The van der Waals surface area contributed by atoms with Gasteiger partial charge in [0, 0.05) is 42.0 Å². The third kappa shape index (κ3) is 8.48. The first-order chi connectivity index (χ1) is 21.6. The van der Waals surface area contributed by atoms with Crippen LogP contribution in [-0.4, -0.2) is 37.3 Å². The van der Waals surface area contributed by atoms with Crippen LogP contribution in [0, 0.1) is 28.5 Å². The van der Waals surface area contributed by atoms with Crippen LogP contribution in [0.5, 0.6) is 0 Å². The van der Waals surface area contributed by atoms with Crippen molar-refractivity contribution in [2.75, 3.05) is 20.4 Å². The summed E-state index contributed by atoms with van der Waals surface area (Å²) in [6.07, 6.45) is 5.95. The van der Waals surface area contributed by atoms with Gasteiger partial charge in [0.1, 0.15) is 12.5 Å². The summed E-state index contributed by atoms with van der Waals surface area (Å²) < 4.78 is 64.8. The number of nitrogens with one attached hydrogen (secondary N) is 1. The Labute approximate surface area is 272 Å². The lowest BCUT2D eigenvalue weighted by Crippen LogP contribution is -2.25. The van der Waals surface area contributed by atoms with E-state index in [1.54, 1.807) is 13.2 Å². The number of hydrogen-bond acceptors (Lipinski definition) is 5. The van der Waals surface area contributed by atoms with Crippen molar-refractivity contribution in [3.05, 3.63) is 106 Å². The maximum Gasteiger partial charge on any atom is 0.416 e. The molecular formula is C37H51F4N3O2. The average Bonchev–Trinajstić information content (AvgIpc) is 3.21. The molecule has 1 saturated heterocycles. The van der Waals surface area contributed by atoms with E-state index in [4.69, 9.17) is 20.6 Å². The number of halogens is 4. The van der Waals surface area contributed by atoms with Crippen LogP contribution in [0.15, 0.2) is 88.8 Å². The van der Waals surface area contributed by atoms with Gasteiger partial charge in [-0.25, -0.2) is 4.39 Å². The molecule has 1 aromatic carbocycles. The van der Waals surface area contributed by atoms with Crippen molar-refractivity contribution in [3.63, 3.8) is 0 Å². The van der Waals surface area contributed by atoms with Crippen molar-refractivity contribution in [2.24, 2.45) is 23.0 Å². The minimum absolute atomic E-state index is 0.0264. The zero-order chi connectivity index (χ0) is 35.0. The lowest BCUT2D eigenvalue weighted by atomic mass is 9.75. The lowest BCUT2D eigenvalue weighted by molar-refractivity contribution is -0.137. The number of allylic oxidation sites excluding steroid dienone is 8. The van der Waals surface area contributed by atoms with Gasteiger partial charge in [-0.1, -0.05) is 56.7 Å². The van der Waals surface area contributed by atoms with E-state index in [2.05, 4.69) is 45.2 Å². The van der Waals surface area contributed by atoms with Gasteiger partial charge in [-0.2, -0.15) is 13.2 Å². The molecule has 3 N–H and O–H groups in total. The summed E-state index contributed by atoms with van der Waals surface area (Å²) in [6.45, 7) is 20.8. The highest BCUT2D eigenvalue weighted by Crippen LogP contribution is 2.52. The SMILES string of the molecule is C=C/C=C1\C(=C/C(C)OC)C(C)(Cc2cc(C(F)(F)F)ccc2F)/C(=C/C)N1CC.CCC1=C(C)C(C)C(C(=N)OCN)=CC1C. The zero-order valence-corrected chi connectivity index (χ0v) is 28.7. The molecule has 1 aliphatic carbocycles. The Hall–Kier alpha value is -3.43. The highest BCUT2D eigenvalue weighted by atomic mass is 19.4. The molecule has 2 aliphatic rings. The van der Waals surface area contributed by atoms with Crippen LogP contribution >= 0.6 is 0 Å². The number of ether oxygens (including phenoxy) is 2. The normalized spacial score (nSPS) is 25.0. The van der Waals surface area contributed by atoms with Crippen molar-refractivity contribution in [1.29, 1.82) is 5.41 Å². The second kappa shape index (κ2) is 16.4. The number of nitrogens with two attached hydrogens (primary N) is 1. The predicted molar refractivity (Wildman–Crippen MR) is 179 cm³/mol. The smallest absolute Gasteiger partial charge is 0.416 e. The molecule has 9 heteroatoms. The minimum atomic E-state index is -4.53. The van der Waals surface area contributed by atoms with E-state index in [1.807, 2.05) is 45.9 Å². The van der Waals surface area contributed by atoms with Crippen LogP contribution in [0.25, 0.3) is 0 Å². The number of rotatable bonds is 9. The van der Waals surface area contributed by atoms with Gasteiger partial charge in [0.15, 0.2) is 0 Å². The first kappa shape index (κ1) is 38.8. The Bertz CT molecular complexity index is 1420. The van der Waals surface area contributed by atoms with E-state index in [1.165, 1.54) is 11.1 Å². The summed E-state index contributed by atoms with van der Waals surface area (Å²) in [5.74, 6) is 0.238. The molecule has 1 aliphatic heterocycles. The molecule has 46 heavy (non-hydrogen) atoms. The average molecular weight is 646 g/mol. The monoisotopic (exact) mass is 645 g/mol. The third-order valence-electron chi connectivity index (χ3n) is 9.05. The molecule has 4 atom stereocenters. The molecule has 1 heterocycles. The summed E-state index contributed by atoms with van der Waals surface area (Å²) in [7, 11) is 1.59. The van der Waals surface area contributed by atoms with Gasteiger partial charge in [-0.05, 0) is 94.9 Å². The first-order valence-corrected chi connectivity index (χ1v) is 15.8. The highest BCUT2D eigenvalue weighted by molar-refractivity contribution is 5.92. The van der Waals surface area contributed by atoms with Gasteiger partial charge < -0.3 is 14.4 Å². The summed E-state index contributed by atoms with van der Waals surface area (Å²) in [4.78, 5) is 2.08. The van der Waals surface area contributed by atoms with Gasteiger partial charge in [0.2, 0.25) is 5.90 Å². The van der Waals surface area contributed by atoms with Gasteiger partial charge in [0.05, 0.1) is 11.7 Å². The fourth-order valence-corrected chi connectivity index (χ4v) is 6.55. The number of methoxy groups -OCH3 is 1. The quantitative estimate of drug-likeness (QED) is 0.0923. The zero-order valence-electron chi connectivity index (χ0n) is 28.7. The van der Waals surface area contributed by atoms with E-state index < -0.39 is 23.0 Å². The van der Waals surface area contributed by atoms with Gasteiger partial charge in [-0.15, -0.1) is 0 Å². The Morgan fingerprint density at radius 3 is 2.39 bits per heavy atom. The van der Waals surface area contributed by atoms with Crippen molar-refractivity contribution in [2.45, 2.75) is 80.5 Å². The van der Waals surface area contributed by atoms with Gasteiger partial charge >= 0.3 is 6.18 Å². The number of benzene rings is 1. The molecule has 4 unspecified atom stereocenters. The summed E-state index contributed by atoms with van der Waals surface area (Å²) in [6, 6.07) is 2.58. The Balaban J connectivity index is 0.000000387. The molecule has 0 bridgehead atoms. The summed E-state index contributed by atoms with van der Waals surface area (Å²) in [5.41, 5.74) is 10.2. The van der Waals surface area contributed by atoms with E-state index in [0.717, 1.165) is 47.2 Å². The molecule has 0 aromatic heterocycles. The van der Waals surface area contributed by atoms with Crippen molar-refractivity contribution < 1.29 is 27.0 Å². The largest absolute Gasteiger partial charge is 0.462 e. The molecule has 1 fully saturated rings. The maximum absolute atomic E-state index is 14.6. The molecule has 0 radical (unpaired) electrons. The number of hydrogen-bond donors (Lipinski definition) is 2. The maximum atomic E-state index is 14.6. The van der Waals surface area contributed by atoms with Crippen molar-refractivity contribution >= 4 is 5.90 Å². The van der Waals surface area contributed by atoms with Crippen molar-refractivity contribution in [3.8, 4) is 0 Å². The van der Waals surface area contributed by atoms with E-state index in [0.29, 0.717) is 12.5 Å². The van der Waals surface area contributed by atoms with Crippen LogP contribution in [0.4, 0.5) is 17.6 Å². The van der Waals surface area contributed by atoms with E-state index >= 15 is 0 Å². The van der Waals surface area contributed by atoms with Gasteiger partial charge in [0.25, 0.3) is 0 Å². The molecule has 3 rings (SSSR count). The molecule has 254 valence electrons. The second-order valence-electron chi connectivity index (χ2n) is 11.9. The number of likely N-dealkylation sites (tertiary alicyclic amines) is 1. The minimum Gasteiger partial charge on any atom is -0.462 e. The van der Waals surface area contributed by atoms with Crippen molar-refractivity contribution in [1.82, 2.24) is 4.90 Å². The topological polar surface area (TPSA) is 71.6 Å². The van der Waals surface area contributed by atoms with Crippen LogP contribution in [0.1, 0.15) is 72.9 Å². The molecule has 0 spiro atoms. The van der Waals surface area contributed by atoms with E-state index in [9.17, 15) is 17.6 Å². The fourth-order valence-electron chi connectivity index (χ4n) is 6.55. The van der Waals surface area contributed by atoms with Crippen LogP contribution in [0.3, 0.4) is 0 Å². The fraction of sp³-hybridized carbons (Fsp3) is 0.486. The van der Waals surface area contributed by atoms with E-state index in [-0.39, 0.29) is 36.6 Å². The Morgan fingerprint density at radius 2 is 1.89 bits per heavy atom. The third-order valence-corrected chi connectivity index (χ3v) is 9.05. The lowest BCUT2D eigenvalue weighted by Gasteiger charge is -2.30. The first-order valence-electron chi connectivity index (χ1n) is 15.8. The number of alkyl halides is 3. The van der Waals surface area contributed by atoms with Crippen LogP contribution in [-0.2, 0) is 22.1 Å². The molecule has 5 nitrogen and oxygen atoms in total. The predicted octanol–water partition coefficient (Wildman–Crippen LogP) is 9.50. The van der Waals surface area contributed by atoms with Crippen LogP contribution < -0.4 is 5.73 Å². The van der Waals surface area contributed by atoms with Gasteiger partial charge in [-0.3, -0.25) is 11.1 Å². The number of nitrogens with zero attached hydrogens (tertiary/aromatic N) is 1. The summed E-state index contributed by atoms with van der Waals surface area (Å²) >= 11 is 0. The standard InChI is InChI=1S/C24H29F4NO.C13H22N2O/c1-7-10-21-19(13-16(4)30-6)23(5,22(8-2)29(21)9-3)15-17-14-18(24(26,27)28)11-12-20(17)25;1-5-11-8(2)6-12(10(4)9(11)3)13(15)16-7-14/h7-8,10-14,16H,1,9,15H2,2-6H3;6,8,10,15H,5,7,14H2,1-4H3/b19-13+,21-10+,22-8-;. The summed E-state index contributed by atoms with van der Waals surface area (Å²) in [5, 5.41) is 7.82.